The van der Waals surface area contributed by atoms with E-state index in [1.54, 1.807) is 18.3 Å². The molecular weight excluding hydrogens is 470 g/mol. The van der Waals surface area contributed by atoms with Crippen LogP contribution in [0.3, 0.4) is 0 Å². The number of anilines is 1. The van der Waals surface area contributed by atoms with Crippen LogP contribution in [0, 0.1) is 17.7 Å². The molecular formula is C22H19Cl2FN6S. The van der Waals surface area contributed by atoms with E-state index in [0.29, 0.717) is 43.6 Å². The zero-order valence-corrected chi connectivity index (χ0v) is 19.2. The maximum absolute atomic E-state index is 15.7. The summed E-state index contributed by atoms with van der Waals surface area (Å²) in [6.07, 6.45) is 9.18. The molecule has 0 saturated heterocycles. The molecule has 3 fully saturated rings. The predicted octanol–water partition coefficient (Wildman–Crippen LogP) is 6.58. The summed E-state index contributed by atoms with van der Waals surface area (Å²) in [5.74, 6) is 1.41. The highest BCUT2D eigenvalue weighted by Crippen LogP contribution is 2.43. The van der Waals surface area contributed by atoms with Crippen LogP contribution in [-0.4, -0.2) is 31.0 Å². The van der Waals surface area contributed by atoms with Gasteiger partial charge in [0.2, 0.25) is 0 Å². The average molecular weight is 489 g/mol. The first-order valence-corrected chi connectivity index (χ1v) is 12.2. The van der Waals surface area contributed by atoms with Crippen molar-refractivity contribution in [1.29, 1.82) is 0 Å². The SMILES string of the molecule is Fc1c(N[C@@H]2CC3CCC2CC3)nc(-c2c[nH]c3nc(Cl)cnc23)nc1-c1ccc(Cl)s1. The van der Waals surface area contributed by atoms with Gasteiger partial charge in [-0.25, -0.2) is 24.3 Å². The summed E-state index contributed by atoms with van der Waals surface area (Å²) in [5.41, 5.74) is 1.98. The van der Waals surface area contributed by atoms with E-state index in [1.807, 2.05) is 0 Å². The Hall–Kier alpha value is -2.29. The van der Waals surface area contributed by atoms with Crippen molar-refractivity contribution in [3.63, 3.8) is 0 Å². The molecule has 0 radical (unpaired) electrons. The summed E-state index contributed by atoms with van der Waals surface area (Å²) in [5, 5.41) is 3.72. The Balaban J connectivity index is 1.47. The maximum atomic E-state index is 15.7. The molecule has 0 unspecified atom stereocenters. The molecule has 164 valence electrons. The first-order chi connectivity index (χ1) is 15.5. The number of thiophene rings is 1. The smallest absolute Gasteiger partial charge is 0.192 e. The number of aromatic nitrogens is 5. The molecule has 2 N–H and O–H groups in total. The standard InChI is InChI=1S/C22H19Cl2FN6S/c23-15-9-26-18-12(8-27-22(18)29-15)20-30-19(14-5-6-16(24)32-14)17(25)21(31-20)28-13-7-10-1-3-11(13)4-2-10/h5-6,8-11,13H,1-4,7H2,(H,27,29)(H,28,30,31)/t10?,11?,13-/m1/s1. The summed E-state index contributed by atoms with van der Waals surface area (Å²) in [6.45, 7) is 0. The van der Waals surface area contributed by atoms with Crippen LogP contribution in [0.4, 0.5) is 10.2 Å². The number of halogens is 3. The quantitative estimate of drug-likeness (QED) is 0.339. The fraction of sp³-hybridized carbons (Fsp3) is 0.364. The first kappa shape index (κ1) is 20.3. The summed E-state index contributed by atoms with van der Waals surface area (Å²) in [6, 6.07) is 3.75. The lowest BCUT2D eigenvalue weighted by molar-refractivity contribution is 0.157. The molecule has 6 nitrogen and oxygen atoms in total. The molecule has 4 heterocycles. The molecule has 7 rings (SSSR count). The third-order valence-electron chi connectivity index (χ3n) is 6.62. The van der Waals surface area contributed by atoms with Gasteiger partial charge >= 0.3 is 0 Å². The topological polar surface area (TPSA) is 79.4 Å². The van der Waals surface area contributed by atoms with Gasteiger partial charge in [-0.3, -0.25) is 0 Å². The van der Waals surface area contributed by atoms with Gasteiger partial charge in [0.05, 0.1) is 21.0 Å². The summed E-state index contributed by atoms with van der Waals surface area (Å²) < 4.78 is 16.3. The van der Waals surface area contributed by atoms with Crippen molar-refractivity contribution in [3.05, 3.63) is 39.8 Å². The molecule has 3 aliphatic carbocycles. The highest BCUT2D eigenvalue weighted by molar-refractivity contribution is 7.19. The van der Waals surface area contributed by atoms with Crippen molar-refractivity contribution < 1.29 is 4.39 Å². The summed E-state index contributed by atoms with van der Waals surface area (Å²) in [4.78, 5) is 21.5. The Labute approximate surface area is 197 Å². The van der Waals surface area contributed by atoms with Crippen LogP contribution in [0.25, 0.3) is 33.1 Å². The molecule has 0 spiro atoms. The maximum Gasteiger partial charge on any atom is 0.192 e. The molecule has 1 atom stereocenters. The number of aromatic amines is 1. The highest BCUT2D eigenvalue weighted by atomic mass is 35.5. The van der Waals surface area contributed by atoms with E-state index in [4.69, 9.17) is 23.2 Å². The second-order valence-corrected chi connectivity index (χ2v) is 10.6. The van der Waals surface area contributed by atoms with Gasteiger partial charge in [0.25, 0.3) is 0 Å². The van der Waals surface area contributed by atoms with E-state index in [2.05, 4.69) is 30.2 Å². The number of nitrogens with one attached hydrogen (secondary N) is 2. The molecule has 4 aromatic rings. The van der Waals surface area contributed by atoms with Gasteiger partial charge in [-0.1, -0.05) is 36.0 Å². The number of nitrogens with zero attached hydrogens (tertiary/aromatic N) is 4. The number of hydrogen-bond donors (Lipinski definition) is 2. The third-order valence-corrected chi connectivity index (χ3v) is 8.04. The summed E-state index contributed by atoms with van der Waals surface area (Å²) >= 11 is 13.4. The Morgan fingerprint density at radius 2 is 1.94 bits per heavy atom. The van der Waals surface area contributed by atoms with E-state index in [9.17, 15) is 0 Å². The van der Waals surface area contributed by atoms with E-state index < -0.39 is 5.82 Å². The monoisotopic (exact) mass is 488 g/mol. The van der Waals surface area contributed by atoms with Crippen LogP contribution in [0.1, 0.15) is 32.1 Å². The normalized spacial score (nSPS) is 22.5. The van der Waals surface area contributed by atoms with E-state index in [-0.39, 0.29) is 22.7 Å². The zero-order valence-electron chi connectivity index (χ0n) is 16.9. The molecule has 2 bridgehead atoms. The molecule has 10 heteroatoms. The van der Waals surface area contributed by atoms with Crippen molar-refractivity contribution in [3.8, 4) is 22.0 Å². The minimum atomic E-state index is -0.456. The Morgan fingerprint density at radius 1 is 1.09 bits per heavy atom. The largest absolute Gasteiger partial charge is 0.364 e. The third kappa shape index (κ3) is 3.54. The first-order valence-electron chi connectivity index (χ1n) is 10.6. The van der Waals surface area contributed by atoms with Crippen LogP contribution in [0.5, 0.6) is 0 Å². The lowest BCUT2D eigenvalue weighted by Gasteiger charge is -2.42. The number of rotatable bonds is 4. The predicted molar refractivity (Wildman–Crippen MR) is 126 cm³/mol. The van der Waals surface area contributed by atoms with Crippen LogP contribution < -0.4 is 5.32 Å². The zero-order chi connectivity index (χ0) is 21.8. The van der Waals surface area contributed by atoms with E-state index in [0.717, 1.165) is 6.42 Å². The van der Waals surface area contributed by atoms with Crippen LogP contribution in [0.15, 0.2) is 24.5 Å². The summed E-state index contributed by atoms with van der Waals surface area (Å²) in [7, 11) is 0. The second-order valence-electron chi connectivity index (χ2n) is 8.52. The number of fused-ring (bicyclic) bond motifs is 4. The Bertz CT molecular complexity index is 1310. The van der Waals surface area contributed by atoms with Gasteiger partial charge in [0.15, 0.2) is 23.1 Å². The minimum absolute atomic E-state index is 0.223. The molecule has 3 saturated carbocycles. The number of hydrogen-bond acceptors (Lipinski definition) is 6. The molecule has 0 aromatic carbocycles. The number of H-pyrrole nitrogens is 1. The van der Waals surface area contributed by atoms with Crippen LogP contribution in [-0.2, 0) is 0 Å². The molecule has 0 aliphatic heterocycles. The lowest BCUT2D eigenvalue weighted by Crippen LogP contribution is -2.40. The fourth-order valence-corrected chi connectivity index (χ4v) is 6.20. The van der Waals surface area contributed by atoms with Gasteiger partial charge < -0.3 is 10.3 Å². The molecule has 0 amide bonds. The van der Waals surface area contributed by atoms with Gasteiger partial charge in [0.1, 0.15) is 16.4 Å². The van der Waals surface area contributed by atoms with Crippen molar-refractivity contribution in [2.45, 2.75) is 38.1 Å². The van der Waals surface area contributed by atoms with Gasteiger partial charge in [-0.15, -0.1) is 11.3 Å². The lowest BCUT2D eigenvalue weighted by atomic mass is 9.68. The molecule has 3 aliphatic rings. The second kappa shape index (κ2) is 7.93. The van der Waals surface area contributed by atoms with Crippen LogP contribution in [0.2, 0.25) is 9.49 Å². The molecule has 32 heavy (non-hydrogen) atoms. The van der Waals surface area contributed by atoms with Crippen molar-refractivity contribution >= 4 is 51.5 Å². The van der Waals surface area contributed by atoms with Crippen molar-refractivity contribution in [2.75, 3.05) is 5.32 Å². The van der Waals surface area contributed by atoms with Crippen molar-refractivity contribution in [1.82, 2.24) is 24.9 Å². The minimum Gasteiger partial charge on any atom is -0.364 e. The average Bonchev–Trinajstić information content (AvgIpc) is 3.42. The Morgan fingerprint density at radius 3 is 2.66 bits per heavy atom. The van der Waals surface area contributed by atoms with Gasteiger partial charge in [-0.2, -0.15) is 0 Å². The molecule has 4 aromatic heterocycles. The highest BCUT2D eigenvalue weighted by Gasteiger charge is 2.36. The van der Waals surface area contributed by atoms with Crippen molar-refractivity contribution in [2.24, 2.45) is 11.8 Å². The van der Waals surface area contributed by atoms with Gasteiger partial charge in [-0.05, 0) is 43.2 Å². The van der Waals surface area contributed by atoms with Gasteiger partial charge in [0, 0.05) is 12.2 Å². The van der Waals surface area contributed by atoms with E-state index in [1.165, 1.54) is 43.2 Å². The Kier molecular flexibility index (Phi) is 5.04. The van der Waals surface area contributed by atoms with Crippen LogP contribution >= 0.6 is 34.5 Å². The fourth-order valence-electron chi connectivity index (χ4n) is 5.04. The van der Waals surface area contributed by atoms with E-state index >= 15 is 4.39 Å².